The van der Waals surface area contributed by atoms with E-state index in [9.17, 15) is 9.59 Å². The van der Waals surface area contributed by atoms with E-state index in [4.69, 9.17) is 24.4 Å². The van der Waals surface area contributed by atoms with Gasteiger partial charge in [0.25, 0.3) is 0 Å². The number of nitrogens with zero attached hydrogens (tertiary/aromatic N) is 1. The highest BCUT2D eigenvalue weighted by Gasteiger charge is 2.34. The van der Waals surface area contributed by atoms with Gasteiger partial charge in [-0.05, 0) is 44.6 Å². The largest absolute Gasteiger partial charge is 0.478 e. The van der Waals surface area contributed by atoms with E-state index in [1.165, 1.54) is 24.8 Å². The summed E-state index contributed by atoms with van der Waals surface area (Å²) in [5.41, 5.74) is 1.28. The molecule has 0 heterocycles. The molecule has 30 heavy (non-hydrogen) atoms. The minimum Gasteiger partial charge on any atom is -0.478 e. The maximum Gasteiger partial charge on any atom is 0.328 e. The Bertz CT molecular complexity index is 674. The van der Waals surface area contributed by atoms with Gasteiger partial charge in [0.2, 0.25) is 0 Å². The van der Waals surface area contributed by atoms with Crippen LogP contribution in [0, 0.1) is 5.92 Å². The van der Waals surface area contributed by atoms with Crippen LogP contribution in [-0.2, 0) is 19.1 Å². The molecule has 168 valence electrons. The molecule has 3 atom stereocenters. The zero-order chi connectivity index (χ0) is 22.5. The monoisotopic (exact) mass is 423 g/mol. The first-order valence-corrected chi connectivity index (χ1v) is 9.85. The van der Waals surface area contributed by atoms with E-state index in [-0.39, 0.29) is 6.79 Å². The first-order valence-electron chi connectivity index (χ1n) is 9.85. The minimum atomic E-state index is -1.26. The highest BCUT2D eigenvalue weighted by atomic mass is 16.7. The number of rotatable bonds is 9. The van der Waals surface area contributed by atoms with Crippen molar-refractivity contribution in [3.8, 4) is 5.75 Å². The van der Waals surface area contributed by atoms with E-state index >= 15 is 0 Å². The first-order chi connectivity index (χ1) is 14.3. The van der Waals surface area contributed by atoms with Gasteiger partial charge in [0.1, 0.15) is 5.75 Å². The zero-order valence-corrected chi connectivity index (χ0v) is 18.1. The number of ether oxygens (including phenoxy) is 3. The van der Waals surface area contributed by atoms with Crippen molar-refractivity contribution in [2.75, 3.05) is 35.1 Å². The lowest BCUT2D eigenvalue weighted by Gasteiger charge is -2.39. The van der Waals surface area contributed by atoms with E-state index in [1.807, 2.05) is 13.2 Å². The number of carbonyl (C=O) groups is 2. The molecule has 0 aliphatic heterocycles. The standard InChI is InChI=1S/C18H29NO3.C4H4O4/c1-19(2)18(16-10-5-6-11-17(16)21-4)14-8-7-9-15(12-14)22-13-20-3;5-3(6)1-2-4(7)8/h7-9,12,16-18H,5-6,10-11,13H2,1-4H3;1-2H,(H,5,6)(H,7,8). The average molecular weight is 424 g/mol. The molecule has 1 fully saturated rings. The van der Waals surface area contributed by atoms with Gasteiger partial charge in [-0.25, -0.2) is 9.59 Å². The van der Waals surface area contributed by atoms with Gasteiger partial charge in [0.15, 0.2) is 6.79 Å². The number of carboxylic acids is 2. The van der Waals surface area contributed by atoms with Crippen molar-refractivity contribution in [2.24, 2.45) is 5.92 Å². The Morgan fingerprint density at radius 2 is 1.77 bits per heavy atom. The van der Waals surface area contributed by atoms with E-state index in [2.05, 4.69) is 37.2 Å². The van der Waals surface area contributed by atoms with Gasteiger partial charge < -0.3 is 29.3 Å². The van der Waals surface area contributed by atoms with Crippen molar-refractivity contribution in [3.63, 3.8) is 0 Å². The fraction of sp³-hybridized carbons (Fsp3) is 0.545. The summed E-state index contributed by atoms with van der Waals surface area (Å²) < 4.78 is 16.4. The molecular weight excluding hydrogens is 390 g/mol. The number of methoxy groups -OCH3 is 2. The van der Waals surface area contributed by atoms with Gasteiger partial charge in [0.05, 0.1) is 6.10 Å². The van der Waals surface area contributed by atoms with E-state index < -0.39 is 11.9 Å². The molecule has 1 saturated carbocycles. The topological polar surface area (TPSA) is 106 Å². The van der Waals surface area contributed by atoms with Crippen LogP contribution in [0.25, 0.3) is 0 Å². The van der Waals surface area contributed by atoms with Crippen LogP contribution in [0.5, 0.6) is 5.75 Å². The Kier molecular flexibility index (Phi) is 11.7. The van der Waals surface area contributed by atoms with Crippen LogP contribution in [0.4, 0.5) is 0 Å². The van der Waals surface area contributed by atoms with Gasteiger partial charge in [-0.15, -0.1) is 0 Å². The highest BCUT2D eigenvalue weighted by Crippen LogP contribution is 2.39. The highest BCUT2D eigenvalue weighted by molar-refractivity contribution is 5.89. The molecule has 0 aromatic heterocycles. The summed E-state index contributed by atoms with van der Waals surface area (Å²) in [6.45, 7) is 0.278. The molecule has 0 bridgehead atoms. The molecule has 8 heteroatoms. The zero-order valence-electron chi connectivity index (χ0n) is 18.1. The molecular formula is C22H33NO7. The first kappa shape index (κ1) is 25.6. The third kappa shape index (κ3) is 8.94. The van der Waals surface area contributed by atoms with Crippen molar-refractivity contribution in [3.05, 3.63) is 42.0 Å². The summed E-state index contributed by atoms with van der Waals surface area (Å²) in [6.07, 6.45) is 6.38. The molecule has 1 aromatic rings. The smallest absolute Gasteiger partial charge is 0.328 e. The van der Waals surface area contributed by atoms with Gasteiger partial charge in [-0.3, -0.25) is 0 Å². The molecule has 0 saturated heterocycles. The fourth-order valence-electron chi connectivity index (χ4n) is 3.77. The van der Waals surface area contributed by atoms with Crippen LogP contribution in [0.1, 0.15) is 37.3 Å². The van der Waals surface area contributed by atoms with Gasteiger partial charge >= 0.3 is 11.9 Å². The fourth-order valence-corrected chi connectivity index (χ4v) is 3.77. The van der Waals surface area contributed by atoms with Crippen molar-refractivity contribution in [1.29, 1.82) is 0 Å². The lowest BCUT2D eigenvalue weighted by molar-refractivity contribution is -0.134. The van der Waals surface area contributed by atoms with Crippen molar-refractivity contribution in [1.82, 2.24) is 4.90 Å². The molecule has 1 aliphatic carbocycles. The summed E-state index contributed by atoms with van der Waals surface area (Å²) in [6, 6.07) is 8.69. The molecule has 2 rings (SSSR count). The van der Waals surface area contributed by atoms with E-state index in [1.54, 1.807) is 7.11 Å². The summed E-state index contributed by atoms with van der Waals surface area (Å²) in [5.74, 6) is -1.14. The molecule has 0 radical (unpaired) electrons. The number of hydrogen-bond acceptors (Lipinski definition) is 6. The Labute approximate surface area is 178 Å². The Balaban J connectivity index is 0.000000479. The molecule has 0 amide bonds. The van der Waals surface area contributed by atoms with Crippen LogP contribution < -0.4 is 4.74 Å². The third-order valence-corrected chi connectivity index (χ3v) is 4.93. The number of aliphatic carboxylic acids is 2. The van der Waals surface area contributed by atoms with Crippen LogP contribution in [-0.4, -0.2) is 68.3 Å². The van der Waals surface area contributed by atoms with Crippen molar-refractivity contribution >= 4 is 11.9 Å². The second-order valence-corrected chi connectivity index (χ2v) is 7.26. The average Bonchev–Trinajstić information content (AvgIpc) is 2.72. The van der Waals surface area contributed by atoms with Crippen LogP contribution >= 0.6 is 0 Å². The quantitative estimate of drug-likeness (QED) is 0.461. The number of benzene rings is 1. The Morgan fingerprint density at radius 3 is 2.30 bits per heavy atom. The molecule has 8 nitrogen and oxygen atoms in total. The second-order valence-electron chi connectivity index (χ2n) is 7.26. The van der Waals surface area contributed by atoms with Gasteiger partial charge in [-0.2, -0.15) is 0 Å². The maximum atomic E-state index is 9.55. The summed E-state index contributed by atoms with van der Waals surface area (Å²) >= 11 is 0. The van der Waals surface area contributed by atoms with Crippen LogP contribution in [0.3, 0.4) is 0 Å². The Hall–Kier alpha value is -2.42. The van der Waals surface area contributed by atoms with Crippen molar-refractivity contribution in [2.45, 2.75) is 37.8 Å². The predicted molar refractivity (Wildman–Crippen MR) is 113 cm³/mol. The summed E-state index contributed by atoms with van der Waals surface area (Å²) in [7, 11) is 7.77. The normalized spacial score (nSPS) is 19.8. The summed E-state index contributed by atoms with van der Waals surface area (Å²) in [4.78, 5) is 21.4. The maximum absolute atomic E-state index is 9.55. The van der Waals surface area contributed by atoms with Gasteiger partial charge in [0, 0.05) is 38.3 Å². The second kappa shape index (κ2) is 13.7. The lowest BCUT2D eigenvalue weighted by atomic mass is 9.78. The predicted octanol–water partition coefficient (Wildman–Crippen LogP) is 3.19. The van der Waals surface area contributed by atoms with E-state index in [0.717, 1.165) is 12.2 Å². The number of hydrogen-bond donors (Lipinski definition) is 2. The van der Waals surface area contributed by atoms with Gasteiger partial charge in [-0.1, -0.05) is 25.0 Å². The SMILES string of the molecule is COCOc1cccc(C(C2CCCCC2OC)N(C)C)c1.O=C(O)C=CC(=O)O. The van der Waals surface area contributed by atoms with E-state index in [0.29, 0.717) is 30.2 Å². The third-order valence-electron chi connectivity index (χ3n) is 4.93. The lowest BCUT2D eigenvalue weighted by Crippen LogP contribution is -2.37. The molecule has 0 spiro atoms. The van der Waals surface area contributed by atoms with Crippen LogP contribution in [0.2, 0.25) is 0 Å². The minimum absolute atomic E-state index is 0.278. The van der Waals surface area contributed by atoms with Crippen LogP contribution in [0.15, 0.2) is 36.4 Å². The summed E-state index contributed by atoms with van der Waals surface area (Å²) in [5, 5.41) is 15.6. The molecule has 3 unspecified atom stereocenters. The molecule has 1 aromatic carbocycles. The molecule has 1 aliphatic rings. The Morgan fingerprint density at radius 1 is 1.13 bits per heavy atom. The molecule has 2 N–H and O–H groups in total. The number of carboxylic acid groups (broad SMARTS) is 2. The van der Waals surface area contributed by atoms with Crippen molar-refractivity contribution < 1.29 is 34.0 Å².